The fourth-order valence-electron chi connectivity index (χ4n) is 3.22. The average Bonchev–Trinajstić information content (AvgIpc) is 2.58. The molecule has 2 amide bonds. The Balaban J connectivity index is 1.53. The molecule has 1 atom stereocenters. The van der Waals surface area contributed by atoms with Crippen molar-refractivity contribution < 1.29 is 9.53 Å². The van der Waals surface area contributed by atoms with Gasteiger partial charge in [0.1, 0.15) is 0 Å². The normalized spacial score (nSPS) is 22.8. The van der Waals surface area contributed by atoms with E-state index in [-0.39, 0.29) is 6.03 Å². The predicted octanol–water partition coefficient (Wildman–Crippen LogP) is 2.31. The zero-order chi connectivity index (χ0) is 16.1. The summed E-state index contributed by atoms with van der Waals surface area (Å²) < 4.78 is 5.39. The van der Waals surface area contributed by atoms with Crippen molar-refractivity contribution in [3.8, 4) is 0 Å². The molecule has 126 valence electrons. The molecule has 23 heavy (non-hydrogen) atoms. The fourth-order valence-corrected chi connectivity index (χ4v) is 3.39. The third kappa shape index (κ3) is 4.56. The van der Waals surface area contributed by atoms with Gasteiger partial charge in [0.15, 0.2) is 5.15 Å². The molecule has 2 fully saturated rings. The van der Waals surface area contributed by atoms with Crippen LogP contribution in [0.4, 0.5) is 10.5 Å². The van der Waals surface area contributed by atoms with E-state index in [1.165, 1.54) is 6.42 Å². The second kappa shape index (κ2) is 7.95. The Morgan fingerprint density at radius 1 is 1.39 bits per heavy atom. The average molecular weight is 339 g/mol. The first-order valence-corrected chi connectivity index (χ1v) is 8.57. The lowest BCUT2D eigenvalue weighted by Gasteiger charge is -2.36. The lowest BCUT2D eigenvalue weighted by molar-refractivity contribution is 0.0252. The Bertz CT molecular complexity index is 537. The highest BCUT2D eigenvalue weighted by atomic mass is 35.5. The number of nitrogens with one attached hydrogen (secondary N) is 1. The third-order valence-electron chi connectivity index (χ3n) is 4.43. The fraction of sp³-hybridized carbons (Fsp3) is 0.625. The van der Waals surface area contributed by atoms with Gasteiger partial charge < -0.3 is 15.0 Å². The molecule has 3 rings (SSSR count). The van der Waals surface area contributed by atoms with E-state index in [0.717, 1.165) is 52.4 Å². The van der Waals surface area contributed by atoms with Gasteiger partial charge in [-0.2, -0.15) is 0 Å². The van der Waals surface area contributed by atoms with Gasteiger partial charge in [-0.05, 0) is 30.9 Å². The van der Waals surface area contributed by atoms with Crippen LogP contribution in [0, 0.1) is 5.92 Å². The van der Waals surface area contributed by atoms with Gasteiger partial charge in [-0.15, -0.1) is 0 Å². The quantitative estimate of drug-likeness (QED) is 0.859. The number of aromatic nitrogens is 1. The van der Waals surface area contributed by atoms with Crippen LogP contribution in [-0.4, -0.2) is 66.8 Å². The number of halogens is 1. The largest absolute Gasteiger partial charge is 0.379 e. The Morgan fingerprint density at radius 2 is 2.22 bits per heavy atom. The lowest BCUT2D eigenvalue weighted by Crippen LogP contribution is -2.47. The van der Waals surface area contributed by atoms with Crippen LogP contribution in [0.2, 0.25) is 5.15 Å². The second-order valence-corrected chi connectivity index (χ2v) is 6.50. The summed E-state index contributed by atoms with van der Waals surface area (Å²) in [5.74, 6) is 0.525. The molecule has 0 spiro atoms. The number of carbonyl (C=O) groups is 1. The molecule has 0 saturated carbocycles. The van der Waals surface area contributed by atoms with Crippen LogP contribution in [0.15, 0.2) is 18.3 Å². The molecule has 7 heteroatoms. The number of piperidine rings is 1. The monoisotopic (exact) mass is 338 g/mol. The molecule has 0 aliphatic carbocycles. The highest BCUT2D eigenvalue weighted by Crippen LogP contribution is 2.21. The first kappa shape index (κ1) is 16.5. The van der Waals surface area contributed by atoms with Crippen LogP contribution in [0.1, 0.15) is 12.8 Å². The molecule has 1 aromatic rings. The maximum atomic E-state index is 12.5. The topological polar surface area (TPSA) is 57.7 Å². The van der Waals surface area contributed by atoms with E-state index >= 15 is 0 Å². The SMILES string of the molecule is O=C(Nc1cccnc1Cl)N1CCC[C@H](CN2CCOCC2)C1. The van der Waals surface area contributed by atoms with E-state index in [1.54, 1.807) is 18.3 Å². The van der Waals surface area contributed by atoms with Crippen molar-refractivity contribution in [3.63, 3.8) is 0 Å². The molecule has 0 aromatic carbocycles. The Morgan fingerprint density at radius 3 is 3.00 bits per heavy atom. The van der Waals surface area contributed by atoms with Crippen LogP contribution in [0.3, 0.4) is 0 Å². The molecule has 2 aliphatic heterocycles. The van der Waals surface area contributed by atoms with Gasteiger partial charge in [0, 0.05) is 38.9 Å². The number of likely N-dealkylation sites (tertiary alicyclic amines) is 1. The molecule has 3 heterocycles. The van der Waals surface area contributed by atoms with Gasteiger partial charge in [-0.25, -0.2) is 9.78 Å². The minimum absolute atomic E-state index is 0.0911. The van der Waals surface area contributed by atoms with Gasteiger partial charge in [0.05, 0.1) is 18.9 Å². The van der Waals surface area contributed by atoms with E-state index in [0.29, 0.717) is 16.8 Å². The van der Waals surface area contributed by atoms with Crippen molar-refractivity contribution in [1.82, 2.24) is 14.8 Å². The number of ether oxygens (including phenoxy) is 1. The van der Waals surface area contributed by atoms with E-state index in [9.17, 15) is 4.79 Å². The molecule has 0 unspecified atom stereocenters. The van der Waals surface area contributed by atoms with E-state index in [2.05, 4.69) is 15.2 Å². The summed E-state index contributed by atoms with van der Waals surface area (Å²) >= 11 is 6.00. The number of urea groups is 1. The second-order valence-electron chi connectivity index (χ2n) is 6.14. The maximum absolute atomic E-state index is 12.5. The number of nitrogens with zero attached hydrogens (tertiary/aromatic N) is 3. The zero-order valence-corrected chi connectivity index (χ0v) is 14.0. The van der Waals surface area contributed by atoms with Crippen LogP contribution >= 0.6 is 11.6 Å². The molecular weight excluding hydrogens is 316 g/mol. The lowest BCUT2D eigenvalue weighted by atomic mass is 9.97. The summed E-state index contributed by atoms with van der Waals surface area (Å²) in [5.41, 5.74) is 0.564. The summed E-state index contributed by atoms with van der Waals surface area (Å²) in [5, 5.41) is 3.19. The number of pyridine rings is 1. The van der Waals surface area contributed by atoms with Crippen molar-refractivity contribution in [3.05, 3.63) is 23.5 Å². The van der Waals surface area contributed by atoms with Gasteiger partial charge in [0.2, 0.25) is 0 Å². The minimum Gasteiger partial charge on any atom is -0.379 e. The highest BCUT2D eigenvalue weighted by Gasteiger charge is 2.26. The molecule has 6 nitrogen and oxygen atoms in total. The van der Waals surface area contributed by atoms with Gasteiger partial charge in [-0.1, -0.05) is 11.6 Å². The number of amides is 2. The predicted molar refractivity (Wildman–Crippen MR) is 89.8 cm³/mol. The molecule has 1 N–H and O–H groups in total. The summed E-state index contributed by atoms with van der Waals surface area (Å²) in [4.78, 5) is 20.8. The van der Waals surface area contributed by atoms with E-state index < -0.39 is 0 Å². The van der Waals surface area contributed by atoms with Crippen molar-refractivity contribution in [1.29, 1.82) is 0 Å². The molecule has 2 aliphatic rings. The van der Waals surface area contributed by atoms with Crippen molar-refractivity contribution in [2.45, 2.75) is 12.8 Å². The van der Waals surface area contributed by atoms with Crippen molar-refractivity contribution >= 4 is 23.3 Å². The van der Waals surface area contributed by atoms with Crippen molar-refractivity contribution in [2.75, 3.05) is 51.3 Å². The Kier molecular flexibility index (Phi) is 5.70. The van der Waals surface area contributed by atoms with Crippen LogP contribution in [0.25, 0.3) is 0 Å². The number of anilines is 1. The summed E-state index contributed by atoms with van der Waals surface area (Å²) in [6.45, 7) is 6.25. The zero-order valence-electron chi connectivity index (χ0n) is 13.2. The highest BCUT2D eigenvalue weighted by molar-refractivity contribution is 6.32. The standard InChI is InChI=1S/C16H23ClN4O2/c17-15-14(4-1-5-18-15)19-16(22)21-6-2-3-13(12-21)11-20-7-9-23-10-8-20/h1,4-5,13H,2-3,6-12H2,(H,19,22)/t13-/m1/s1. The Labute approximate surface area is 141 Å². The molecule has 0 bridgehead atoms. The van der Waals surface area contributed by atoms with Crippen LogP contribution < -0.4 is 5.32 Å². The summed E-state index contributed by atoms with van der Waals surface area (Å²) in [6.07, 6.45) is 3.83. The van der Waals surface area contributed by atoms with Gasteiger partial charge >= 0.3 is 6.03 Å². The molecule has 0 radical (unpaired) electrons. The van der Waals surface area contributed by atoms with E-state index in [1.807, 2.05) is 4.90 Å². The first-order chi connectivity index (χ1) is 11.2. The first-order valence-electron chi connectivity index (χ1n) is 8.19. The van der Waals surface area contributed by atoms with Crippen LogP contribution in [-0.2, 0) is 4.74 Å². The summed E-state index contributed by atoms with van der Waals surface area (Å²) in [6, 6.07) is 3.44. The van der Waals surface area contributed by atoms with Gasteiger partial charge in [0.25, 0.3) is 0 Å². The molecular formula is C16H23ClN4O2. The number of rotatable bonds is 3. The maximum Gasteiger partial charge on any atom is 0.321 e. The third-order valence-corrected chi connectivity index (χ3v) is 4.73. The molecule has 1 aromatic heterocycles. The Hall–Kier alpha value is -1.37. The van der Waals surface area contributed by atoms with Crippen molar-refractivity contribution in [2.24, 2.45) is 5.92 Å². The number of morpholine rings is 1. The smallest absolute Gasteiger partial charge is 0.321 e. The number of hydrogen-bond acceptors (Lipinski definition) is 4. The summed E-state index contributed by atoms with van der Waals surface area (Å²) in [7, 11) is 0. The number of hydrogen-bond donors (Lipinski definition) is 1. The van der Waals surface area contributed by atoms with Crippen LogP contribution in [0.5, 0.6) is 0 Å². The molecule has 2 saturated heterocycles. The van der Waals surface area contributed by atoms with Gasteiger partial charge in [-0.3, -0.25) is 4.90 Å². The minimum atomic E-state index is -0.0911. The van der Waals surface area contributed by atoms with E-state index in [4.69, 9.17) is 16.3 Å². The number of carbonyl (C=O) groups excluding carboxylic acids is 1.